The van der Waals surface area contributed by atoms with E-state index >= 15 is 0 Å². The van der Waals surface area contributed by atoms with Crippen molar-refractivity contribution >= 4 is 11.6 Å². The van der Waals surface area contributed by atoms with Crippen LogP contribution in [0.25, 0.3) is 0 Å². The SMILES string of the molecule is CCOc1ccc(Cc2cc([C@@H]3[C@@H](O)[C@H](COCc4ccccc4)[C@@H](OCc4ccccc4)[C@H](OCc4ccccc4)[C@H]3OCc3ccccc3)ccc2Cl)cc1. The molecule has 7 rings (SSSR count). The van der Waals surface area contributed by atoms with E-state index in [2.05, 4.69) is 42.5 Å². The third-order valence-corrected chi connectivity index (χ3v) is 11.0. The molecule has 57 heavy (non-hydrogen) atoms. The Bertz CT molecular complexity index is 2060. The molecule has 0 bridgehead atoms. The molecule has 0 heterocycles. The van der Waals surface area contributed by atoms with Crippen molar-refractivity contribution in [2.45, 2.75) is 70.1 Å². The van der Waals surface area contributed by atoms with Gasteiger partial charge in [0.2, 0.25) is 0 Å². The largest absolute Gasteiger partial charge is 0.494 e. The highest BCUT2D eigenvalue weighted by Gasteiger charge is 2.53. The van der Waals surface area contributed by atoms with Crippen molar-refractivity contribution in [2.24, 2.45) is 5.92 Å². The summed E-state index contributed by atoms with van der Waals surface area (Å²) in [6, 6.07) is 54.6. The summed E-state index contributed by atoms with van der Waals surface area (Å²) in [4.78, 5) is 0. The minimum absolute atomic E-state index is 0.245. The highest BCUT2D eigenvalue weighted by atomic mass is 35.5. The van der Waals surface area contributed by atoms with E-state index in [9.17, 15) is 5.11 Å². The molecule has 0 unspecified atom stereocenters. The maximum Gasteiger partial charge on any atom is 0.119 e. The molecular formula is C50H51ClO6. The van der Waals surface area contributed by atoms with Crippen molar-refractivity contribution < 1.29 is 28.8 Å². The second kappa shape index (κ2) is 20.6. The van der Waals surface area contributed by atoms with Gasteiger partial charge in [-0.2, -0.15) is 0 Å². The van der Waals surface area contributed by atoms with E-state index in [0.29, 0.717) is 44.5 Å². The van der Waals surface area contributed by atoms with Crippen molar-refractivity contribution in [1.82, 2.24) is 0 Å². The lowest BCUT2D eigenvalue weighted by Crippen LogP contribution is -2.60. The molecule has 0 aromatic heterocycles. The molecule has 7 heteroatoms. The molecule has 1 saturated carbocycles. The Balaban J connectivity index is 1.28. The van der Waals surface area contributed by atoms with E-state index in [1.807, 2.05) is 128 Å². The van der Waals surface area contributed by atoms with Gasteiger partial charge >= 0.3 is 0 Å². The van der Waals surface area contributed by atoms with Crippen molar-refractivity contribution in [2.75, 3.05) is 13.2 Å². The molecule has 6 atom stereocenters. The zero-order valence-electron chi connectivity index (χ0n) is 32.4. The molecule has 6 nitrogen and oxygen atoms in total. The van der Waals surface area contributed by atoms with Gasteiger partial charge in [-0.15, -0.1) is 0 Å². The van der Waals surface area contributed by atoms with Gasteiger partial charge in [-0.05, 0) is 70.5 Å². The molecule has 1 N–H and O–H groups in total. The lowest BCUT2D eigenvalue weighted by atomic mass is 9.70. The second-order valence-corrected chi connectivity index (χ2v) is 15.0. The minimum atomic E-state index is -0.918. The first-order valence-corrected chi connectivity index (χ1v) is 20.2. The maximum atomic E-state index is 12.8. The summed E-state index contributed by atoms with van der Waals surface area (Å²) in [6.45, 7) is 4.23. The van der Waals surface area contributed by atoms with Crippen LogP contribution in [-0.4, -0.2) is 42.7 Å². The summed E-state index contributed by atoms with van der Waals surface area (Å²) in [5.41, 5.74) is 7.10. The standard InChI is InChI=1S/C50H51ClO6/c1-2-54-43-26-23-36(24-27-43)29-42-30-41(25-28-45(42)51)46-47(52)44(35-53-31-37-15-7-3-8-16-37)48(55-32-38-17-9-4-10-18-38)50(57-34-40-21-13-6-14-22-40)49(46)56-33-39-19-11-5-12-20-39/h3-28,30,44,46-50,52H,2,29,31-35H2,1H3/t44-,46+,47-,48+,49-,50-/m0/s1. The summed E-state index contributed by atoms with van der Waals surface area (Å²) in [6.07, 6.45) is -2.07. The Morgan fingerprint density at radius 1 is 0.526 bits per heavy atom. The number of halogens is 1. The van der Waals surface area contributed by atoms with Crippen LogP contribution in [0.2, 0.25) is 5.02 Å². The van der Waals surface area contributed by atoms with E-state index in [1.165, 1.54) is 0 Å². The molecule has 294 valence electrons. The van der Waals surface area contributed by atoms with Gasteiger partial charge in [-0.1, -0.05) is 157 Å². The Morgan fingerprint density at radius 2 is 1.02 bits per heavy atom. The van der Waals surface area contributed by atoms with Crippen molar-refractivity contribution in [3.05, 3.63) is 208 Å². The first kappa shape index (κ1) is 40.4. The lowest BCUT2D eigenvalue weighted by Gasteiger charge is -2.49. The molecule has 1 aliphatic rings. The lowest BCUT2D eigenvalue weighted by molar-refractivity contribution is -0.228. The van der Waals surface area contributed by atoms with E-state index in [1.54, 1.807) is 0 Å². The number of aliphatic hydroxyl groups excluding tert-OH is 1. The van der Waals surface area contributed by atoms with E-state index < -0.39 is 36.3 Å². The molecule has 1 aliphatic carbocycles. The van der Waals surface area contributed by atoms with E-state index in [0.717, 1.165) is 44.7 Å². The first-order valence-electron chi connectivity index (χ1n) is 19.8. The highest BCUT2D eigenvalue weighted by molar-refractivity contribution is 6.31. The van der Waals surface area contributed by atoms with Crippen LogP contribution in [0, 0.1) is 5.92 Å². The van der Waals surface area contributed by atoms with Gasteiger partial charge in [0.15, 0.2) is 0 Å². The topological polar surface area (TPSA) is 66.4 Å². The van der Waals surface area contributed by atoms with Gasteiger partial charge < -0.3 is 28.8 Å². The number of ether oxygens (including phenoxy) is 5. The van der Waals surface area contributed by atoms with Gasteiger partial charge in [0.05, 0.1) is 58.0 Å². The predicted molar refractivity (Wildman–Crippen MR) is 225 cm³/mol. The Morgan fingerprint density at radius 3 is 1.54 bits per heavy atom. The van der Waals surface area contributed by atoms with Gasteiger partial charge in [0, 0.05) is 16.9 Å². The van der Waals surface area contributed by atoms with E-state index in [4.69, 9.17) is 35.3 Å². The Labute approximate surface area is 341 Å². The quantitative estimate of drug-likeness (QED) is 0.0937. The van der Waals surface area contributed by atoms with Gasteiger partial charge in [0.25, 0.3) is 0 Å². The van der Waals surface area contributed by atoms with Crippen LogP contribution in [0.5, 0.6) is 5.75 Å². The third-order valence-electron chi connectivity index (χ3n) is 10.6. The molecule has 0 spiro atoms. The second-order valence-electron chi connectivity index (χ2n) is 14.6. The predicted octanol–water partition coefficient (Wildman–Crippen LogP) is 10.4. The van der Waals surface area contributed by atoms with Gasteiger partial charge in [-0.3, -0.25) is 0 Å². The minimum Gasteiger partial charge on any atom is -0.494 e. The summed E-state index contributed by atoms with van der Waals surface area (Å²) < 4.78 is 33.0. The average molecular weight is 783 g/mol. The smallest absolute Gasteiger partial charge is 0.119 e. The van der Waals surface area contributed by atoms with Crippen molar-refractivity contribution in [3.63, 3.8) is 0 Å². The maximum absolute atomic E-state index is 12.8. The average Bonchev–Trinajstić information content (AvgIpc) is 3.25. The third kappa shape index (κ3) is 11.0. The molecule has 0 saturated heterocycles. The van der Waals surface area contributed by atoms with E-state index in [-0.39, 0.29) is 6.61 Å². The fourth-order valence-corrected chi connectivity index (χ4v) is 7.88. The fraction of sp³-hybridized carbons (Fsp3) is 0.280. The molecule has 1 fully saturated rings. The number of aliphatic hydroxyl groups is 1. The summed E-state index contributed by atoms with van der Waals surface area (Å²) in [7, 11) is 0. The van der Waals surface area contributed by atoms with Crippen LogP contribution in [-0.2, 0) is 51.8 Å². The highest BCUT2D eigenvalue weighted by Crippen LogP contribution is 2.44. The van der Waals surface area contributed by atoms with Gasteiger partial charge in [0.1, 0.15) is 11.9 Å². The number of hydrogen-bond donors (Lipinski definition) is 1. The molecule has 0 aliphatic heterocycles. The number of benzene rings is 6. The summed E-state index contributed by atoms with van der Waals surface area (Å²) in [5, 5.41) is 13.5. The normalized spacial score (nSPS) is 20.6. The summed E-state index contributed by atoms with van der Waals surface area (Å²) in [5.74, 6) is -0.145. The monoisotopic (exact) mass is 782 g/mol. The molecular weight excluding hydrogens is 732 g/mol. The molecule has 0 amide bonds. The Hall–Kier alpha value is -4.79. The number of rotatable bonds is 18. The van der Waals surface area contributed by atoms with Crippen LogP contribution in [0.3, 0.4) is 0 Å². The molecule has 6 aromatic rings. The fourth-order valence-electron chi connectivity index (χ4n) is 7.69. The van der Waals surface area contributed by atoms with Crippen LogP contribution in [0.1, 0.15) is 51.8 Å². The van der Waals surface area contributed by atoms with Crippen molar-refractivity contribution in [3.8, 4) is 5.75 Å². The van der Waals surface area contributed by atoms with Crippen molar-refractivity contribution in [1.29, 1.82) is 0 Å². The van der Waals surface area contributed by atoms with Crippen LogP contribution < -0.4 is 4.74 Å². The summed E-state index contributed by atoms with van der Waals surface area (Å²) >= 11 is 6.92. The first-order chi connectivity index (χ1) is 28.1. The molecule has 6 aromatic carbocycles. The Kier molecular flexibility index (Phi) is 14.6. The number of hydrogen-bond acceptors (Lipinski definition) is 6. The van der Waals surface area contributed by atoms with Crippen LogP contribution in [0.4, 0.5) is 0 Å². The van der Waals surface area contributed by atoms with Crippen LogP contribution >= 0.6 is 11.6 Å². The van der Waals surface area contributed by atoms with Crippen LogP contribution in [0.15, 0.2) is 164 Å². The zero-order chi connectivity index (χ0) is 39.2. The van der Waals surface area contributed by atoms with Gasteiger partial charge in [-0.25, -0.2) is 0 Å². The molecule has 0 radical (unpaired) electrons. The zero-order valence-corrected chi connectivity index (χ0v) is 33.1.